The average Bonchev–Trinajstić information content (AvgIpc) is 2.90. The van der Waals surface area contributed by atoms with Gasteiger partial charge in [-0.15, -0.1) is 0 Å². The van der Waals surface area contributed by atoms with E-state index in [0.29, 0.717) is 24.1 Å². The van der Waals surface area contributed by atoms with Crippen LogP contribution in [0, 0.1) is 10.8 Å². The minimum absolute atomic E-state index is 0.00166. The maximum Gasteiger partial charge on any atom is 0.216 e. The summed E-state index contributed by atoms with van der Waals surface area (Å²) in [6, 6.07) is 0. The summed E-state index contributed by atoms with van der Waals surface area (Å²) in [5.74, 6) is 1.63. The first-order chi connectivity index (χ1) is 12.5. The van der Waals surface area contributed by atoms with Crippen LogP contribution in [0.2, 0.25) is 0 Å². The number of ether oxygens (including phenoxy) is 3. The van der Waals surface area contributed by atoms with Gasteiger partial charge >= 0.3 is 0 Å². The topological polar surface area (TPSA) is 52.4 Å². The lowest BCUT2D eigenvalue weighted by molar-refractivity contribution is 0.228. The van der Waals surface area contributed by atoms with Gasteiger partial charge in [-0.2, -0.15) is 4.99 Å². The van der Waals surface area contributed by atoms with Crippen molar-refractivity contribution in [2.45, 2.75) is 54.2 Å². The fourth-order valence-electron chi connectivity index (χ4n) is 2.69. The number of methoxy groups -OCH3 is 2. The van der Waals surface area contributed by atoms with E-state index in [9.17, 15) is 0 Å². The summed E-state index contributed by atoms with van der Waals surface area (Å²) in [5.41, 5.74) is 2.27. The highest BCUT2D eigenvalue weighted by Crippen LogP contribution is 2.31. The summed E-state index contributed by atoms with van der Waals surface area (Å²) in [7, 11) is 3.22. The molecule has 0 fully saturated rings. The number of nitrogens with zero attached hydrogens (tertiary/aromatic N) is 2. The molecule has 1 atom stereocenters. The first-order valence-electron chi connectivity index (χ1n) is 9.25. The molecular weight excluding hydrogens is 340 g/mol. The van der Waals surface area contributed by atoms with E-state index in [4.69, 9.17) is 14.2 Å². The molecule has 0 saturated heterocycles. The summed E-state index contributed by atoms with van der Waals surface area (Å²) < 4.78 is 16.9. The molecular formula is C22H32N2O3. The van der Waals surface area contributed by atoms with Gasteiger partial charge in [0.1, 0.15) is 0 Å². The predicted octanol–water partition coefficient (Wildman–Crippen LogP) is 5.18. The molecule has 0 N–H and O–H groups in total. The highest BCUT2D eigenvalue weighted by Gasteiger charge is 2.23. The van der Waals surface area contributed by atoms with Crippen LogP contribution in [0.5, 0.6) is 0 Å². The molecule has 148 valence electrons. The van der Waals surface area contributed by atoms with Gasteiger partial charge in [0, 0.05) is 18.6 Å². The second-order valence-corrected chi connectivity index (χ2v) is 8.69. The lowest BCUT2D eigenvalue weighted by atomic mass is 9.85. The van der Waals surface area contributed by atoms with E-state index in [1.807, 2.05) is 24.3 Å². The standard InChI is InChI=1S/C22H32N2O3/c1-21(2,3)15-10-12-18(24-19(13-15)26-8)27-20-14-16(22(4,5)6)9-11-17(23-20)25-7/h9-11,13-14,20H,12H2,1-8H3. The number of hydrogen-bond donors (Lipinski definition) is 0. The molecule has 0 aromatic carbocycles. The van der Waals surface area contributed by atoms with E-state index in [1.54, 1.807) is 14.2 Å². The summed E-state index contributed by atoms with van der Waals surface area (Å²) in [6.07, 6.45) is 10.1. The van der Waals surface area contributed by atoms with Crippen LogP contribution in [0.3, 0.4) is 0 Å². The molecule has 2 heterocycles. The molecule has 0 aromatic rings. The first kappa shape index (κ1) is 21.0. The summed E-state index contributed by atoms with van der Waals surface area (Å²) >= 11 is 0. The molecule has 1 unspecified atom stereocenters. The predicted molar refractivity (Wildman–Crippen MR) is 111 cm³/mol. The summed E-state index contributed by atoms with van der Waals surface area (Å²) in [4.78, 5) is 9.09. The summed E-state index contributed by atoms with van der Waals surface area (Å²) in [6.45, 7) is 13.0. The third-order valence-corrected chi connectivity index (χ3v) is 4.40. The quantitative estimate of drug-likeness (QED) is 0.671. The molecule has 2 rings (SSSR count). The van der Waals surface area contributed by atoms with Gasteiger partial charge in [-0.25, -0.2) is 4.99 Å². The molecule has 0 saturated carbocycles. The third-order valence-electron chi connectivity index (χ3n) is 4.40. The Bertz CT molecular complexity index is 739. The van der Waals surface area contributed by atoms with Crippen molar-refractivity contribution in [2.24, 2.45) is 20.8 Å². The van der Waals surface area contributed by atoms with Crippen LogP contribution >= 0.6 is 0 Å². The van der Waals surface area contributed by atoms with Gasteiger partial charge in [0.25, 0.3) is 0 Å². The molecule has 0 aromatic heterocycles. The molecule has 5 nitrogen and oxygen atoms in total. The van der Waals surface area contributed by atoms with Crippen molar-refractivity contribution < 1.29 is 14.2 Å². The maximum atomic E-state index is 6.14. The van der Waals surface area contributed by atoms with Crippen molar-refractivity contribution in [3.8, 4) is 0 Å². The van der Waals surface area contributed by atoms with Crippen molar-refractivity contribution in [1.29, 1.82) is 0 Å². The fraction of sp³-hybridized carbons (Fsp3) is 0.545. The van der Waals surface area contributed by atoms with Crippen LogP contribution in [0.1, 0.15) is 48.0 Å². The maximum absolute atomic E-state index is 6.14. The lowest BCUT2D eigenvalue weighted by Gasteiger charge is -2.21. The molecule has 2 aliphatic rings. The zero-order valence-electron chi connectivity index (χ0n) is 17.8. The Morgan fingerprint density at radius 2 is 1.59 bits per heavy atom. The van der Waals surface area contributed by atoms with Crippen LogP contribution in [0.25, 0.3) is 0 Å². The first-order valence-corrected chi connectivity index (χ1v) is 9.25. The molecule has 5 heteroatoms. The minimum Gasteiger partial charge on any atom is -0.481 e. The van der Waals surface area contributed by atoms with Crippen molar-refractivity contribution in [1.82, 2.24) is 0 Å². The van der Waals surface area contributed by atoms with Gasteiger partial charge in [0.2, 0.25) is 18.0 Å². The monoisotopic (exact) mass is 372 g/mol. The van der Waals surface area contributed by atoms with Crippen LogP contribution < -0.4 is 0 Å². The average molecular weight is 373 g/mol. The van der Waals surface area contributed by atoms with Gasteiger partial charge in [-0.1, -0.05) is 53.7 Å². The largest absolute Gasteiger partial charge is 0.481 e. The third kappa shape index (κ3) is 5.84. The second-order valence-electron chi connectivity index (χ2n) is 8.69. The Hall–Kier alpha value is -2.30. The normalized spacial score (nSPS) is 21.0. The molecule has 0 aliphatic carbocycles. The molecule has 2 aliphatic heterocycles. The van der Waals surface area contributed by atoms with Crippen LogP contribution in [0.4, 0.5) is 0 Å². The van der Waals surface area contributed by atoms with Crippen molar-refractivity contribution in [2.75, 3.05) is 14.2 Å². The SMILES string of the molecule is COC1=CC(C(C)(C)C)=CCC(OC2C=C(C(C)(C)C)C=CC(OC)=N2)=N1. The molecule has 0 bridgehead atoms. The number of allylic oxidation sites excluding steroid dienone is 4. The molecule has 0 radical (unpaired) electrons. The second kappa shape index (κ2) is 8.15. The van der Waals surface area contributed by atoms with Crippen molar-refractivity contribution in [3.63, 3.8) is 0 Å². The Morgan fingerprint density at radius 1 is 0.926 bits per heavy atom. The van der Waals surface area contributed by atoms with E-state index < -0.39 is 6.23 Å². The molecule has 0 spiro atoms. The Kier molecular flexibility index (Phi) is 6.34. The number of aliphatic imine (C=N–C) groups is 2. The lowest BCUT2D eigenvalue weighted by Crippen LogP contribution is -2.18. The number of rotatable bonds is 2. The highest BCUT2D eigenvalue weighted by atomic mass is 16.5. The molecule has 0 amide bonds. The van der Waals surface area contributed by atoms with Crippen LogP contribution in [0.15, 0.2) is 57.4 Å². The van der Waals surface area contributed by atoms with E-state index >= 15 is 0 Å². The minimum atomic E-state index is -0.509. The Balaban J connectivity index is 2.32. The van der Waals surface area contributed by atoms with Gasteiger partial charge < -0.3 is 14.2 Å². The number of hydrogen-bond acceptors (Lipinski definition) is 5. The molecule has 27 heavy (non-hydrogen) atoms. The smallest absolute Gasteiger partial charge is 0.216 e. The zero-order chi connectivity index (χ0) is 20.2. The van der Waals surface area contributed by atoms with Gasteiger partial charge in [-0.3, -0.25) is 0 Å². The van der Waals surface area contributed by atoms with Crippen LogP contribution in [-0.4, -0.2) is 32.2 Å². The van der Waals surface area contributed by atoms with Gasteiger partial charge in [0.05, 0.1) is 14.2 Å². The van der Waals surface area contributed by atoms with Crippen molar-refractivity contribution in [3.05, 3.63) is 47.4 Å². The van der Waals surface area contributed by atoms with Crippen LogP contribution in [-0.2, 0) is 14.2 Å². The van der Waals surface area contributed by atoms with E-state index in [0.717, 1.165) is 11.1 Å². The van der Waals surface area contributed by atoms with Gasteiger partial charge in [-0.05, 0) is 28.1 Å². The van der Waals surface area contributed by atoms with E-state index in [2.05, 4.69) is 57.6 Å². The fourth-order valence-corrected chi connectivity index (χ4v) is 2.69. The summed E-state index contributed by atoms with van der Waals surface area (Å²) in [5, 5.41) is 0. The van der Waals surface area contributed by atoms with Gasteiger partial charge in [0.15, 0.2) is 5.90 Å². The highest BCUT2D eigenvalue weighted by molar-refractivity contribution is 5.89. The Labute approximate surface area is 163 Å². The zero-order valence-corrected chi connectivity index (χ0v) is 17.8. The van der Waals surface area contributed by atoms with Crippen molar-refractivity contribution >= 4 is 11.8 Å². The van der Waals surface area contributed by atoms with E-state index in [1.165, 1.54) is 0 Å². The van der Waals surface area contributed by atoms with E-state index in [-0.39, 0.29) is 10.8 Å². The Morgan fingerprint density at radius 3 is 2.15 bits per heavy atom.